The number of benzene rings is 3. The molecule has 34 heavy (non-hydrogen) atoms. The summed E-state index contributed by atoms with van der Waals surface area (Å²) in [6, 6.07) is 26.6. The Balaban J connectivity index is 0.000000157. The standard InChI is InChI=1S/C18H13Cl2S.C11H16O2/c19-14-6-10-17(11-7-14)21(16-4-2-1-3-5-16)18-12-8-15(20)9-13-18;12-10(13)11-4-7-1-8(5-11)3-9(2-7)6-11/h1-13H;7-9H,1-6H2,(H,12,13)/q+1;/p-1. The zero-order valence-electron chi connectivity index (χ0n) is 19.0. The minimum Gasteiger partial charge on any atom is -0.550 e. The topological polar surface area (TPSA) is 40.1 Å². The second kappa shape index (κ2) is 9.97. The maximum absolute atomic E-state index is 11.1. The Morgan fingerprint density at radius 1 is 0.676 bits per heavy atom. The molecular formula is C29H28Cl2O2S. The minimum atomic E-state index is -0.758. The molecule has 4 aliphatic rings. The third-order valence-corrected chi connectivity index (χ3v) is 10.3. The Bertz CT molecular complexity index is 1050. The lowest BCUT2D eigenvalue weighted by molar-refractivity contribution is -0.327. The number of rotatable bonds is 4. The van der Waals surface area contributed by atoms with Crippen LogP contribution < -0.4 is 5.11 Å². The smallest absolute Gasteiger partial charge is 0.166 e. The largest absolute Gasteiger partial charge is 0.550 e. The molecule has 0 unspecified atom stereocenters. The van der Waals surface area contributed by atoms with Crippen LogP contribution in [-0.2, 0) is 15.7 Å². The zero-order valence-corrected chi connectivity index (χ0v) is 21.3. The van der Waals surface area contributed by atoms with Crippen LogP contribution in [0.3, 0.4) is 0 Å². The van der Waals surface area contributed by atoms with Gasteiger partial charge in [-0.2, -0.15) is 0 Å². The van der Waals surface area contributed by atoms with Crippen LogP contribution >= 0.6 is 23.2 Å². The molecule has 0 N–H and O–H groups in total. The summed E-state index contributed by atoms with van der Waals surface area (Å²) in [6.07, 6.45) is 6.65. The van der Waals surface area contributed by atoms with E-state index in [0.717, 1.165) is 29.3 Å². The van der Waals surface area contributed by atoms with Crippen molar-refractivity contribution in [1.82, 2.24) is 0 Å². The normalized spacial score (nSPS) is 26.7. The van der Waals surface area contributed by atoms with Gasteiger partial charge in [-0.25, -0.2) is 0 Å². The molecular weight excluding hydrogens is 483 g/mol. The molecule has 0 heterocycles. The molecule has 0 radical (unpaired) electrons. The Labute approximate surface area is 214 Å². The van der Waals surface area contributed by atoms with Crippen LogP contribution in [0.15, 0.2) is 93.5 Å². The monoisotopic (exact) mass is 510 g/mol. The summed E-state index contributed by atoms with van der Waals surface area (Å²) < 4.78 is 0. The number of carboxylic acids is 1. The highest BCUT2D eigenvalue weighted by molar-refractivity contribution is 7.97. The van der Waals surface area contributed by atoms with E-state index in [-0.39, 0.29) is 10.9 Å². The van der Waals surface area contributed by atoms with Crippen LogP contribution in [-0.4, -0.2) is 5.97 Å². The van der Waals surface area contributed by atoms with Crippen LogP contribution in [0.2, 0.25) is 10.0 Å². The van der Waals surface area contributed by atoms with Crippen molar-refractivity contribution >= 4 is 40.1 Å². The molecule has 0 saturated heterocycles. The van der Waals surface area contributed by atoms with Crippen LogP contribution in [0.1, 0.15) is 38.5 Å². The third kappa shape index (κ3) is 5.03. The van der Waals surface area contributed by atoms with Gasteiger partial charge in [-0.1, -0.05) is 41.4 Å². The molecule has 0 aliphatic heterocycles. The van der Waals surface area contributed by atoms with Crippen molar-refractivity contribution in [2.75, 3.05) is 0 Å². The maximum Gasteiger partial charge on any atom is 0.166 e. The fourth-order valence-electron chi connectivity index (χ4n) is 6.47. The number of carboxylic acid groups (broad SMARTS) is 1. The summed E-state index contributed by atoms with van der Waals surface area (Å²) in [5.41, 5.74) is -0.394. The number of hydrogen-bond donors (Lipinski definition) is 0. The first-order valence-corrected chi connectivity index (χ1v) is 13.9. The number of carbonyl (C=O) groups is 1. The summed E-state index contributed by atoms with van der Waals surface area (Å²) in [4.78, 5) is 14.9. The first-order valence-electron chi connectivity index (χ1n) is 11.9. The first-order chi connectivity index (χ1) is 16.4. The van der Waals surface area contributed by atoms with Gasteiger partial charge in [-0.3, -0.25) is 0 Å². The molecule has 5 heteroatoms. The lowest BCUT2D eigenvalue weighted by Crippen LogP contribution is -2.54. The highest BCUT2D eigenvalue weighted by atomic mass is 35.5. The van der Waals surface area contributed by atoms with Gasteiger partial charge in [0.05, 0.1) is 10.9 Å². The van der Waals surface area contributed by atoms with Crippen molar-refractivity contribution in [3.63, 3.8) is 0 Å². The van der Waals surface area contributed by atoms with Gasteiger partial charge in [0.2, 0.25) is 0 Å². The van der Waals surface area contributed by atoms with Crippen LogP contribution in [0, 0.1) is 23.2 Å². The molecule has 4 saturated carbocycles. The van der Waals surface area contributed by atoms with Crippen molar-refractivity contribution in [3.05, 3.63) is 88.9 Å². The minimum absolute atomic E-state index is 0.148. The summed E-state index contributed by atoms with van der Waals surface area (Å²) >= 11 is 12.0. The van der Waals surface area contributed by atoms with E-state index in [9.17, 15) is 9.90 Å². The average Bonchev–Trinajstić information content (AvgIpc) is 2.82. The van der Waals surface area contributed by atoms with Gasteiger partial charge in [0, 0.05) is 21.4 Å². The molecule has 0 spiro atoms. The second-order valence-electron chi connectivity index (χ2n) is 10.0. The third-order valence-electron chi connectivity index (χ3n) is 7.55. The lowest BCUT2D eigenvalue weighted by Gasteiger charge is -2.57. The average molecular weight is 512 g/mol. The van der Waals surface area contributed by atoms with Crippen molar-refractivity contribution in [1.29, 1.82) is 0 Å². The van der Waals surface area contributed by atoms with E-state index in [1.54, 1.807) is 0 Å². The van der Waals surface area contributed by atoms with Crippen LogP contribution in [0.25, 0.3) is 0 Å². The molecule has 0 atom stereocenters. The van der Waals surface area contributed by atoms with Crippen molar-refractivity contribution in [2.24, 2.45) is 23.2 Å². The quantitative estimate of drug-likeness (QED) is 0.353. The molecule has 7 rings (SSSR count). The van der Waals surface area contributed by atoms with E-state index in [2.05, 4.69) is 48.5 Å². The van der Waals surface area contributed by atoms with Gasteiger partial charge in [0.15, 0.2) is 14.7 Å². The Hall–Kier alpha value is -1.94. The first kappa shape index (κ1) is 23.8. The van der Waals surface area contributed by atoms with Crippen LogP contribution in [0.4, 0.5) is 0 Å². The number of carbonyl (C=O) groups excluding carboxylic acids is 1. The molecule has 3 aromatic rings. The van der Waals surface area contributed by atoms with Gasteiger partial charge in [0.1, 0.15) is 0 Å². The van der Waals surface area contributed by atoms with Gasteiger partial charge < -0.3 is 9.90 Å². The summed E-state index contributed by atoms with van der Waals surface area (Å²) in [5, 5.41) is 12.7. The Morgan fingerprint density at radius 3 is 1.44 bits per heavy atom. The Morgan fingerprint density at radius 2 is 1.06 bits per heavy atom. The molecule has 4 fully saturated rings. The zero-order chi connectivity index (χ0) is 23.7. The fraction of sp³-hybridized carbons (Fsp3) is 0.345. The Kier molecular flexibility index (Phi) is 6.97. The van der Waals surface area contributed by atoms with Crippen molar-refractivity contribution < 1.29 is 9.90 Å². The van der Waals surface area contributed by atoms with E-state index in [4.69, 9.17) is 23.2 Å². The van der Waals surface area contributed by atoms with E-state index in [1.807, 2.05) is 30.3 Å². The van der Waals surface area contributed by atoms with E-state index in [1.165, 1.54) is 33.9 Å². The molecule has 176 valence electrons. The van der Waals surface area contributed by atoms with Crippen molar-refractivity contribution in [3.8, 4) is 0 Å². The van der Waals surface area contributed by atoms with E-state index < -0.39 is 11.4 Å². The SMILES string of the molecule is Clc1ccc([S+](c2ccccc2)c2ccc(Cl)cc2)cc1.O=C([O-])C12CC3CC(CC(C3)C1)C2. The van der Waals surface area contributed by atoms with E-state index in [0.29, 0.717) is 17.8 Å². The molecule has 2 nitrogen and oxygen atoms in total. The molecule has 0 amide bonds. The van der Waals surface area contributed by atoms with Gasteiger partial charge in [-0.15, -0.1) is 0 Å². The van der Waals surface area contributed by atoms with Crippen LogP contribution in [0.5, 0.6) is 0 Å². The summed E-state index contributed by atoms with van der Waals surface area (Å²) in [7, 11) is -0.148. The fourth-order valence-corrected chi connectivity index (χ4v) is 8.78. The maximum atomic E-state index is 11.1. The number of hydrogen-bond acceptors (Lipinski definition) is 2. The summed E-state index contributed by atoms with van der Waals surface area (Å²) in [5.74, 6) is 1.38. The van der Waals surface area contributed by atoms with Gasteiger partial charge in [-0.05, 0) is 117 Å². The highest BCUT2D eigenvalue weighted by Gasteiger charge is 2.51. The number of aliphatic carboxylic acids is 1. The molecule has 4 aliphatic carbocycles. The van der Waals surface area contributed by atoms with Gasteiger partial charge in [0.25, 0.3) is 0 Å². The van der Waals surface area contributed by atoms with E-state index >= 15 is 0 Å². The van der Waals surface area contributed by atoms with Crippen molar-refractivity contribution in [2.45, 2.75) is 53.2 Å². The summed E-state index contributed by atoms with van der Waals surface area (Å²) in [6.45, 7) is 0. The molecule has 3 aromatic carbocycles. The highest BCUT2D eigenvalue weighted by Crippen LogP contribution is 2.59. The predicted molar refractivity (Wildman–Crippen MR) is 137 cm³/mol. The lowest BCUT2D eigenvalue weighted by atomic mass is 9.49. The molecule has 4 bridgehead atoms. The predicted octanol–water partition coefficient (Wildman–Crippen LogP) is 7.04. The van der Waals surface area contributed by atoms with Gasteiger partial charge >= 0.3 is 0 Å². The number of halogens is 2. The second-order valence-corrected chi connectivity index (χ2v) is 12.9. The molecule has 0 aromatic heterocycles.